The fraction of sp³-hybridized carbons (Fsp3) is 0.250. The molecule has 3 rings (SSSR count). The van der Waals surface area contributed by atoms with Gasteiger partial charge in [-0.3, -0.25) is 4.79 Å². The van der Waals surface area contributed by atoms with E-state index in [-0.39, 0.29) is 12.4 Å². The van der Waals surface area contributed by atoms with Crippen molar-refractivity contribution in [2.24, 2.45) is 0 Å². The molecule has 0 saturated heterocycles. The van der Waals surface area contributed by atoms with Crippen molar-refractivity contribution < 1.29 is 14.6 Å². The molecule has 5 heteroatoms. The zero-order valence-corrected chi connectivity index (χ0v) is 19.5. The second-order valence-corrected chi connectivity index (χ2v) is 8.11. The summed E-state index contributed by atoms with van der Waals surface area (Å²) in [5.74, 6) is 0.456. The number of aryl methyl sites for hydroxylation is 1. The van der Waals surface area contributed by atoms with Crippen LogP contribution in [0.25, 0.3) is 17.2 Å². The lowest BCUT2D eigenvalue weighted by molar-refractivity contribution is 0.104. The molecule has 5 nitrogen and oxygen atoms in total. The van der Waals surface area contributed by atoms with Crippen LogP contribution in [0.4, 0.5) is 5.69 Å². The number of anilines is 1. The first kappa shape index (κ1) is 24.2. The number of carbonyl (C=O) groups excluding carboxylic acids is 1. The van der Waals surface area contributed by atoms with E-state index in [1.807, 2.05) is 73.6 Å². The van der Waals surface area contributed by atoms with E-state index in [9.17, 15) is 4.79 Å². The minimum absolute atomic E-state index is 0.0380. The molecule has 0 aromatic heterocycles. The van der Waals surface area contributed by atoms with Gasteiger partial charge in [0.2, 0.25) is 0 Å². The van der Waals surface area contributed by atoms with E-state index in [1.165, 1.54) is 0 Å². The predicted octanol–water partition coefficient (Wildman–Crippen LogP) is 4.90. The van der Waals surface area contributed by atoms with Crippen molar-refractivity contribution in [2.75, 3.05) is 45.7 Å². The molecule has 0 radical (unpaired) electrons. The van der Waals surface area contributed by atoms with Crippen molar-refractivity contribution in [3.63, 3.8) is 0 Å². The van der Waals surface area contributed by atoms with Gasteiger partial charge < -0.3 is 20.1 Å². The number of nitrogens with zero attached hydrogens (tertiary/aromatic N) is 1. The number of allylic oxidation sites excluding steroid dienone is 1. The Morgan fingerprint density at radius 3 is 2.58 bits per heavy atom. The molecule has 0 heterocycles. The van der Waals surface area contributed by atoms with Gasteiger partial charge >= 0.3 is 0 Å². The molecule has 0 bridgehead atoms. The molecule has 3 aromatic carbocycles. The van der Waals surface area contributed by atoms with E-state index in [4.69, 9.17) is 9.84 Å². The van der Waals surface area contributed by atoms with E-state index in [0.717, 1.165) is 34.5 Å². The van der Waals surface area contributed by atoms with Gasteiger partial charge in [0.05, 0.1) is 12.2 Å². The number of para-hydroxylation sites is 1. The Morgan fingerprint density at radius 2 is 1.82 bits per heavy atom. The normalized spacial score (nSPS) is 11.2. The van der Waals surface area contributed by atoms with Crippen LogP contribution in [0.3, 0.4) is 0 Å². The van der Waals surface area contributed by atoms with Crippen LogP contribution < -0.4 is 10.1 Å². The fourth-order valence-electron chi connectivity index (χ4n) is 3.50. The quantitative estimate of drug-likeness (QED) is 0.325. The third-order valence-corrected chi connectivity index (χ3v) is 5.30. The summed E-state index contributed by atoms with van der Waals surface area (Å²) in [6, 6.07) is 21.6. The van der Waals surface area contributed by atoms with Gasteiger partial charge in [0, 0.05) is 18.8 Å². The Kier molecular flexibility index (Phi) is 8.81. The molecule has 172 valence electrons. The van der Waals surface area contributed by atoms with E-state index in [0.29, 0.717) is 24.5 Å². The number of rotatable bonds is 11. The minimum Gasteiger partial charge on any atom is -0.491 e. The minimum atomic E-state index is -0.123. The van der Waals surface area contributed by atoms with Crippen LogP contribution in [-0.2, 0) is 0 Å². The van der Waals surface area contributed by atoms with Crippen LogP contribution in [0.1, 0.15) is 21.5 Å². The van der Waals surface area contributed by atoms with Crippen molar-refractivity contribution in [2.45, 2.75) is 6.92 Å². The fourth-order valence-corrected chi connectivity index (χ4v) is 3.50. The van der Waals surface area contributed by atoms with Crippen LogP contribution >= 0.6 is 0 Å². The summed E-state index contributed by atoms with van der Waals surface area (Å²) in [6.07, 6.45) is 3.38. The highest BCUT2D eigenvalue weighted by atomic mass is 16.5. The van der Waals surface area contributed by atoms with Crippen LogP contribution in [-0.4, -0.2) is 56.2 Å². The molecule has 0 spiro atoms. The Bertz CT molecular complexity index is 1110. The summed E-state index contributed by atoms with van der Waals surface area (Å²) in [4.78, 5) is 15.3. The average Bonchev–Trinajstić information content (AvgIpc) is 2.82. The van der Waals surface area contributed by atoms with Gasteiger partial charge in [0.15, 0.2) is 5.78 Å². The summed E-state index contributed by atoms with van der Waals surface area (Å²) in [5.41, 5.74) is 5.50. The zero-order valence-electron chi connectivity index (χ0n) is 19.5. The Morgan fingerprint density at radius 1 is 1.06 bits per heavy atom. The summed E-state index contributed by atoms with van der Waals surface area (Å²) in [7, 11) is 3.98. The summed E-state index contributed by atoms with van der Waals surface area (Å²) >= 11 is 0. The van der Waals surface area contributed by atoms with E-state index < -0.39 is 0 Å². The standard InChI is InChI=1S/C28H32N2O3/c1-21-8-4-6-10-24(21)23-13-15-28(33-19-17-30(2)3)25(20-23)27(32)14-12-22-9-5-7-11-26(22)29-16-18-31/h4-15,20,29,31H,16-19H2,1-3H3/b14-12+. The third-order valence-electron chi connectivity index (χ3n) is 5.30. The summed E-state index contributed by atoms with van der Waals surface area (Å²) in [5, 5.41) is 12.3. The number of ketones is 1. The number of aliphatic hydroxyl groups excluding tert-OH is 1. The molecule has 0 aliphatic carbocycles. The summed E-state index contributed by atoms with van der Waals surface area (Å²) < 4.78 is 5.98. The maximum absolute atomic E-state index is 13.3. The monoisotopic (exact) mass is 444 g/mol. The highest BCUT2D eigenvalue weighted by molar-refractivity contribution is 6.09. The smallest absolute Gasteiger partial charge is 0.189 e. The Hall–Kier alpha value is -3.41. The molecule has 33 heavy (non-hydrogen) atoms. The second-order valence-electron chi connectivity index (χ2n) is 8.11. The van der Waals surface area contributed by atoms with Crippen LogP contribution in [0.15, 0.2) is 72.8 Å². The lowest BCUT2D eigenvalue weighted by atomic mass is 9.97. The Labute approximate surface area is 196 Å². The number of aliphatic hydroxyl groups is 1. The van der Waals surface area contributed by atoms with E-state index >= 15 is 0 Å². The molecule has 0 aliphatic heterocycles. The highest BCUT2D eigenvalue weighted by Gasteiger charge is 2.14. The maximum Gasteiger partial charge on any atom is 0.189 e. The molecule has 0 fully saturated rings. The van der Waals surface area contributed by atoms with Gasteiger partial charge in [0.25, 0.3) is 0 Å². The largest absolute Gasteiger partial charge is 0.491 e. The first-order valence-corrected chi connectivity index (χ1v) is 11.1. The predicted molar refractivity (Wildman–Crippen MR) is 136 cm³/mol. The van der Waals surface area contributed by atoms with Crippen molar-refractivity contribution in [3.05, 3.63) is 89.5 Å². The maximum atomic E-state index is 13.3. The molecular weight excluding hydrogens is 412 g/mol. The molecule has 3 aromatic rings. The Balaban J connectivity index is 1.92. The SMILES string of the molecule is Cc1ccccc1-c1ccc(OCCN(C)C)c(C(=O)/C=C/c2ccccc2NCCO)c1. The molecule has 2 N–H and O–H groups in total. The van der Waals surface area contributed by atoms with Crippen LogP contribution in [0, 0.1) is 6.92 Å². The van der Waals surface area contributed by atoms with Gasteiger partial charge in [-0.25, -0.2) is 0 Å². The molecule has 0 saturated carbocycles. The van der Waals surface area contributed by atoms with E-state index in [1.54, 1.807) is 12.2 Å². The second kappa shape index (κ2) is 12.0. The number of benzene rings is 3. The van der Waals surface area contributed by atoms with Gasteiger partial charge in [-0.15, -0.1) is 0 Å². The lowest BCUT2D eigenvalue weighted by Gasteiger charge is -2.15. The number of nitrogens with one attached hydrogen (secondary N) is 1. The molecule has 0 aliphatic rings. The first-order chi connectivity index (χ1) is 16.0. The number of ether oxygens (including phenoxy) is 1. The summed E-state index contributed by atoms with van der Waals surface area (Å²) in [6.45, 7) is 3.80. The van der Waals surface area contributed by atoms with Gasteiger partial charge in [-0.05, 0) is 73.6 Å². The topological polar surface area (TPSA) is 61.8 Å². The molecule has 0 amide bonds. The van der Waals surface area contributed by atoms with Crippen LogP contribution in [0.2, 0.25) is 0 Å². The molecular formula is C28H32N2O3. The third kappa shape index (κ3) is 6.78. The molecule has 0 unspecified atom stereocenters. The number of carbonyl (C=O) groups is 1. The highest BCUT2D eigenvalue weighted by Crippen LogP contribution is 2.30. The number of hydrogen-bond donors (Lipinski definition) is 2. The van der Waals surface area contributed by atoms with Gasteiger partial charge in [0.1, 0.15) is 12.4 Å². The van der Waals surface area contributed by atoms with Crippen molar-refractivity contribution in [3.8, 4) is 16.9 Å². The lowest BCUT2D eigenvalue weighted by Crippen LogP contribution is -2.20. The number of hydrogen-bond acceptors (Lipinski definition) is 5. The van der Waals surface area contributed by atoms with Gasteiger partial charge in [-0.2, -0.15) is 0 Å². The van der Waals surface area contributed by atoms with Gasteiger partial charge in [-0.1, -0.05) is 48.5 Å². The van der Waals surface area contributed by atoms with E-state index in [2.05, 4.69) is 24.4 Å². The number of likely N-dealkylation sites (N-methyl/N-ethyl adjacent to an activating group) is 1. The van der Waals surface area contributed by atoms with Crippen molar-refractivity contribution in [1.29, 1.82) is 0 Å². The zero-order chi connectivity index (χ0) is 23.6. The van der Waals surface area contributed by atoms with Crippen LogP contribution in [0.5, 0.6) is 5.75 Å². The van der Waals surface area contributed by atoms with Crippen molar-refractivity contribution in [1.82, 2.24) is 4.90 Å². The molecule has 0 atom stereocenters. The first-order valence-electron chi connectivity index (χ1n) is 11.1. The van der Waals surface area contributed by atoms with Crippen molar-refractivity contribution >= 4 is 17.5 Å². The average molecular weight is 445 g/mol.